The summed E-state index contributed by atoms with van der Waals surface area (Å²) < 4.78 is 4.97. The maximum atomic E-state index is 11.8. The summed E-state index contributed by atoms with van der Waals surface area (Å²) in [5.74, 6) is -0.965. The van der Waals surface area contributed by atoms with Crippen LogP contribution < -0.4 is 4.74 Å². The zero-order valence-corrected chi connectivity index (χ0v) is 9.27. The topological polar surface area (TPSA) is 63.6 Å². The first-order chi connectivity index (χ1) is 7.54. The summed E-state index contributed by atoms with van der Waals surface area (Å²) in [5.41, 5.74) is 0.509. The fraction of sp³-hybridized carbons (Fsp3) is 0.333. The lowest BCUT2D eigenvalue weighted by atomic mass is 9.96. The van der Waals surface area contributed by atoms with Gasteiger partial charge in [-0.15, -0.1) is 0 Å². The molecule has 0 saturated heterocycles. The van der Waals surface area contributed by atoms with Crippen LogP contribution in [-0.4, -0.2) is 24.0 Å². The molecule has 0 saturated carbocycles. The molecule has 1 rings (SSSR count). The highest BCUT2D eigenvalue weighted by atomic mass is 16.5. The van der Waals surface area contributed by atoms with Crippen molar-refractivity contribution in [3.05, 3.63) is 29.8 Å². The third kappa shape index (κ3) is 3.08. The number of carboxylic acid groups (broad SMARTS) is 1. The average Bonchev–Trinajstić information content (AvgIpc) is 2.27. The number of carboxylic acids is 1. The highest BCUT2D eigenvalue weighted by Crippen LogP contribution is 2.16. The Morgan fingerprint density at radius 1 is 1.31 bits per heavy atom. The zero-order chi connectivity index (χ0) is 12.1. The van der Waals surface area contributed by atoms with Crippen LogP contribution in [0.1, 0.15) is 23.7 Å². The predicted molar refractivity (Wildman–Crippen MR) is 58.7 cm³/mol. The second-order valence-electron chi connectivity index (χ2n) is 3.59. The van der Waals surface area contributed by atoms with Crippen molar-refractivity contribution < 1.29 is 19.4 Å². The number of rotatable bonds is 5. The Balaban J connectivity index is 2.75. The Bertz CT molecular complexity index is 381. The van der Waals surface area contributed by atoms with E-state index in [-0.39, 0.29) is 12.2 Å². The number of Topliss-reactive ketones (excluding diaryl/α,β-unsaturated/α-hetero) is 1. The predicted octanol–water partition coefficient (Wildman–Crippen LogP) is 1.99. The molecule has 0 aliphatic heterocycles. The lowest BCUT2D eigenvalue weighted by Crippen LogP contribution is -2.15. The summed E-state index contributed by atoms with van der Waals surface area (Å²) in [6, 6.07) is 6.64. The van der Waals surface area contributed by atoms with Gasteiger partial charge in [0.25, 0.3) is 0 Å². The van der Waals surface area contributed by atoms with Crippen LogP contribution in [0, 0.1) is 5.92 Å². The maximum Gasteiger partial charge on any atom is 0.304 e. The minimum atomic E-state index is -0.964. The monoisotopic (exact) mass is 222 g/mol. The van der Waals surface area contributed by atoms with Crippen molar-refractivity contribution in [3.8, 4) is 5.75 Å². The minimum Gasteiger partial charge on any atom is -0.497 e. The number of carbonyl (C=O) groups is 2. The van der Waals surface area contributed by atoms with Crippen LogP contribution in [-0.2, 0) is 4.79 Å². The number of carbonyl (C=O) groups excluding carboxylic acids is 1. The molecule has 1 atom stereocenters. The number of methoxy groups -OCH3 is 1. The number of ketones is 1. The molecule has 1 aromatic carbocycles. The average molecular weight is 222 g/mol. The van der Waals surface area contributed by atoms with Crippen LogP contribution in [0.3, 0.4) is 0 Å². The lowest BCUT2D eigenvalue weighted by Gasteiger charge is -2.08. The Kier molecular flexibility index (Phi) is 4.05. The quantitative estimate of drug-likeness (QED) is 0.774. The first-order valence-electron chi connectivity index (χ1n) is 4.94. The zero-order valence-electron chi connectivity index (χ0n) is 9.27. The molecule has 4 heteroatoms. The number of hydrogen-bond donors (Lipinski definition) is 1. The fourth-order valence-corrected chi connectivity index (χ4v) is 1.39. The summed E-state index contributed by atoms with van der Waals surface area (Å²) in [7, 11) is 1.55. The normalized spacial score (nSPS) is 11.9. The van der Waals surface area contributed by atoms with E-state index < -0.39 is 11.9 Å². The fourth-order valence-electron chi connectivity index (χ4n) is 1.39. The molecule has 1 N–H and O–H groups in total. The van der Waals surface area contributed by atoms with Crippen molar-refractivity contribution in [2.45, 2.75) is 13.3 Å². The van der Waals surface area contributed by atoms with Gasteiger partial charge in [0.15, 0.2) is 5.78 Å². The molecule has 0 amide bonds. The third-order valence-corrected chi connectivity index (χ3v) is 2.30. The van der Waals surface area contributed by atoms with Gasteiger partial charge >= 0.3 is 5.97 Å². The van der Waals surface area contributed by atoms with E-state index in [1.165, 1.54) is 0 Å². The molecule has 16 heavy (non-hydrogen) atoms. The molecular weight excluding hydrogens is 208 g/mol. The first-order valence-corrected chi connectivity index (χ1v) is 4.94. The van der Waals surface area contributed by atoms with Gasteiger partial charge in [-0.2, -0.15) is 0 Å². The van der Waals surface area contributed by atoms with Crippen LogP contribution >= 0.6 is 0 Å². The molecule has 0 radical (unpaired) electrons. The molecule has 1 aromatic rings. The standard InChI is InChI=1S/C12H14O4/c1-8(7-11(13)14)12(15)9-3-5-10(16-2)6-4-9/h3-6,8H,7H2,1-2H3,(H,13,14)/t8-/m1/s1. The molecule has 0 unspecified atom stereocenters. The van der Waals surface area contributed by atoms with E-state index in [0.29, 0.717) is 11.3 Å². The van der Waals surface area contributed by atoms with E-state index in [4.69, 9.17) is 9.84 Å². The van der Waals surface area contributed by atoms with Crippen molar-refractivity contribution in [1.82, 2.24) is 0 Å². The van der Waals surface area contributed by atoms with Crippen LogP contribution in [0.15, 0.2) is 24.3 Å². The third-order valence-electron chi connectivity index (χ3n) is 2.30. The Morgan fingerprint density at radius 2 is 1.88 bits per heavy atom. The van der Waals surface area contributed by atoms with Gasteiger partial charge in [0.1, 0.15) is 5.75 Å². The van der Waals surface area contributed by atoms with Crippen molar-refractivity contribution in [3.63, 3.8) is 0 Å². The number of benzene rings is 1. The lowest BCUT2D eigenvalue weighted by molar-refractivity contribution is -0.137. The van der Waals surface area contributed by atoms with Gasteiger partial charge in [-0.1, -0.05) is 6.92 Å². The summed E-state index contributed by atoms with van der Waals surface area (Å²) in [6.45, 7) is 1.61. The van der Waals surface area contributed by atoms with E-state index >= 15 is 0 Å². The van der Waals surface area contributed by atoms with Gasteiger partial charge in [-0.3, -0.25) is 9.59 Å². The molecular formula is C12H14O4. The Labute approximate surface area is 93.9 Å². The van der Waals surface area contributed by atoms with Gasteiger partial charge in [0.05, 0.1) is 13.5 Å². The minimum absolute atomic E-state index is 0.148. The second-order valence-corrected chi connectivity index (χ2v) is 3.59. The first kappa shape index (κ1) is 12.2. The SMILES string of the molecule is COc1ccc(C(=O)[C@H](C)CC(=O)O)cc1. The molecule has 0 heterocycles. The van der Waals surface area contributed by atoms with E-state index in [9.17, 15) is 9.59 Å². The van der Waals surface area contributed by atoms with Crippen molar-refractivity contribution >= 4 is 11.8 Å². The highest BCUT2D eigenvalue weighted by molar-refractivity contribution is 5.99. The molecule has 4 nitrogen and oxygen atoms in total. The number of ether oxygens (including phenoxy) is 1. The largest absolute Gasteiger partial charge is 0.497 e. The molecule has 0 fully saturated rings. The van der Waals surface area contributed by atoms with Gasteiger partial charge in [0, 0.05) is 11.5 Å². The summed E-state index contributed by atoms with van der Waals surface area (Å²) >= 11 is 0. The van der Waals surface area contributed by atoms with Gasteiger partial charge in [-0.25, -0.2) is 0 Å². The molecule has 86 valence electrons. The smallest absolute Gasteiger partial charge is 0.304 e. The summed E-state index contributed by atoms with van der Waals surface area (Å²) in [5, 5.41) is 8.59. The van der Waals surface area contributed by atoms with Gasteiger partial charge in [-0.05, 0) is 24.3 Å². The van der Waals surface area contributed by atoms with Gasteiger partial charge < -0.3 is 9.84 Å². The second kappa shape index (κ2) is 5.30. The van der Waals surface area contributed by atoms with Crippen molar-refractivity contribution in [2.24, 2.45) is 5.92 Å². The van der Waals surface area contributed by atoms with E-state index in [1.54, 1.807) is 38.3 Å². The van der Waals surface area contributed by atoms with Crippen LogP contribution in [0.5, 0.6) is 5.75 Å². The molecule has 0 bridgehead atoms. The van der Waals surface area contributed by atoms with Crippen LogP contribution in [0.2, 0.25) is 0 Å². The molecule has 0 spiro atoms. The van der Waals surface area contributed by atoms with Crippen LogP contribution in [0.25, 0.3) is 0 Å². The van der Waals surface area contributed by atoms with Crippen molar-refractivity contribution in [1.29, 1.82) is 0 Å². The molecule has 0 aromatic heterocycles. The summed E-state index contributed by atoms with van der Waals surface area (Å²) in [6.07, 6.45) is -0.148. The number of aliphatic carboxylic acids is 1. The van der Waals surface area contributed by atoms with Crippen LogP contribution in [0.4, 0.5) is 0 Å². The Morgan fingerprint density at radius 3 is 2.31 bits per heavy atom. The van der Waals surface area contributed by atoms with Gasteiger partial charge in [0.2, 0.25) is 0 Å². The molecule has 0 aliphatic rings. The summed E-state index contributed by atoms with van der Waals surface area (Å²) in [4.78, 5) is 22.2. The number of hydrogen-bond acceptors (Lipinski definition) is 3. The van der Waals surface area contributed by atoms with E-state index in [2.05, 4.69) is 0 Å². The van der Waals surface area contributed by atoms with Crippen molar-refractivity contribution in [2.75, 3.05) is 7.11 Å². The molecule has 0 aliphatic carbocycles. The van der Waals surface area contributed by atoms with E-state index in [1.807, 2.05) is 0 Å². The maximum absolute atomic E-state index is 11.8. The van der Waals surface area contributed by atoms with E-state index in [0.717, 1.165) is 0 Å². The Hall–Kier alpha value is -1.84. The highest BCUT2D eigenvalue weighted by Gasteiger charge is 2.17.